The summed E-state index contributed by atoms with van der Waals surface area (Å²) in [5, 5.41) is 33.7. The summed E-state index contributed by atoms with van der Waals surface area (Å²) in [5.74, 6) is -0.0706. The van der Waals surface area contributed by atoms with Gasteiger partial charge in [0.05, 0.1) is 11.0 Å². The first-order valence-electron chi connectivity index (χ1n) is 10.6. The van der Waals surface area contributed by atoms with Crippen molar-refractivity contribution in [2.24, 2.45) is 0 Å². The molecule has 4 rings (SSSR count). The number of aliphatic hydroxyl groups is 2. The number of rotatable bonds is 8. The zero-order valence-corrected chi connectivity index (χ0v) is 18.7. The SMILES string of the molecule is O=C(NCCC(O)C(O)c1cnc(Cl)c([N+](=O)[O-])c1)OCC1c2ccccc2-c2ccccc21. The molecular weight excluding hydrogens is 462 g/mol. The second-order valence-electron chi connectivity index (χ2n) is 7.89. The molecule has 0 fully saturated rings. The molecule has 3 aromatic rings. The van der Waals surface area contributed by atoms with E-state index < -0.39 is 28.9 Å². The van der Waals surface area contributed by atoms with E-state index in [1.807, 2.05) is 48.5 Å². The van der Waals surface area contributed by atoms with E-state index in [4.69, 9.17) is 16.3 Å². The molecule has 1 aromatic heterocycles. The number of nitrogens with one attached hydrogen (secondary N) is 1. The van der Waals surface area contributed by atoms with Gasteiger partial charge in [0, 0.05) is 30.3 Å². The van der Waals surface area contributed by atoms with Crippen LogP contribution in [0.2, 0.25) is 5.15 Å². The van der Waals surface area contributed by atoms with Crippen LogP contribution in [0, 0.1) is 10.1 Å². The van der Waals surface area contributed by atoms with Crippen LogP contribution in [0.15, 0.2) is 60.8 Å². The minimum Gasteiger partial charge on any atom is -0.449 e. The van der Waals surface area contributed by atoms with Gasteiger partial charge < -0.3 is 20.3 Å². The van der Waals surface area contributed by atoms with Gasteiger partial charge in [-0.3, -0.25) is 10.1 Å². The van der Waals surface area contributed by atoms with Crippen LogP contribution < -0.4 is 5.32 Å². The second-order valence-corrected chi connectivity index (χ2v) is 8.25. The number of carbonyl (C=O) groups is 1. The van der Waals surface area contributed by atoms with Crippen LogP contribution in [-0.4, -0.2) is 45.5 Å². The van der Waals surface area contributed by atoms with Crippen molar-refractivity contribution in [1.82, 2.24) is 10.3 Å². The van der Waals surface area contributed by atoms with Crippen LogP contribution in [0.3, 0.4) is 0 Å². The van der Waals surface area contributed by atoms with Gasteiger partial charge in [0.1, 0.15) is 12.7 Å². The Balaban J connectivity index is 1.29. The number of nitrogens with zero attached hydrogens (tertiary/aromatic N) is 2. The van der Waals surface area contributed by atoms with Crippen molar-refractivity contribution < 1.29 is 24.7 Å². The number of halogens is 1. The Hall–Kier alpha value is -3.53. The lowest BCUT2D eigenvalue weighted by atomic mass is 9.98. The Morgan fingerprint density at radius 1 is 1.15 bits per heavy atom. The van der Waals surface area contributed by atoms with Crippen LogP contribution in [0.5, 0.6) is 0 Å². The number of benzene rings is 2. The van der Waals surface area contributed by atoms with E-state index in [1.54, 1.807) is 0 Å². The fraction of sp³-hybridized carbons (Fsp3) is 0.250. The van der Waals surface area contributed by atoms with Crippen LogP contribution >= 0.6 is 11.6 Å². The number of ether oxygens (including phenoxy) is 1. The van der Waals surface area contributed by atoms with Crippen LogP contribution in [0.1, 0.15) is 35.1 Å². The van der Waals surface area contributed by atoms with E-state index >= 15 is 0 Å². The van der Waals surface area contributed by atoms with E-state index in [2.05, 4.69) is 10.3 Å². The first-order valence-corrected chi connectivity index (χ1v) is 11.0. The fourth-order valence-corrected chi connectivity index (χ4v) is 4.27. The highest BCUT2D eigenvalue weighted by Crippen LogP contribution is 2.44. The highest BCUT2D eigenvalue weighted by atomic mass is 35.5. The average molecular weight is 484 g/mol. The number of nitro groups is 1. The average Bonchev–Trinajstić information content (AvgIpc) is 3.16. The lowest BCUT2D eigenvalue weighted by molar-refractivity contribution is -0.385. The molecular formula is C24H22ClN3O6. The standard InChI is InChI=1S/C24H22ClN3O6/c25-23-20(28(32)33)11-14(12-27-23)22(30)21(29)9-10-26-24(31)34-13-19-17-7-3-1-5-15(17)16-6-2-4-8-18(16)19/h1-8,11-12,19,21-22,29-30H,9-10,13H2,(H,26,31). The molecule has 2 aromatic carbocycles. The number of fused-ring (bicyclic) bond motifs is 3. The normalized spacial score (nSPS) is 14.1. The predicted molar refractivity (Wildman–Crippen MR) is 125 cm³/mol. The van der Waals surface area contributed by atoms with Gasteiger partial charge in [-0.15, -0.1) is 0 Å². The molecule has 9 nitrogen and oxygen atoms in total. The smallest absolute Gasteiger partial charge is 0.407 e. The molecule has 0 radical (unpaired) electrons. The summed E-state index contributed by atoms with van der Waals surface area (Å²) in [6.07, 6.45) is -2.24. The van der Waals surface area contributed by atoms with Gasteiger partial charge in [-0.05, 0) is 28.7 Å². The van der Waals surface area contributed by atoms with Crippen molar-refractivity contribution in [2.45, 2.75) is 24.5 Å². The Morgan fingerprint density at radius 3 is 2.38 bits per heavy atom. The van der Waals surface area contributed by atoms with Crippen molar-refractivity contribution in [2.75, 3.05) is 13.2 Å². The third kappa shape index (κ3) is 4.86. The zero-order valence-electron chi connectivity index (χ0n) is 17.9. The van der Waals surface area contributed by atoms with E-state index in [-0.39, 0.29) is 36.2 Å². The molecule has 2 unspecified atom stereocenters. The van der Waals surface area contributed by atoms with Gasteiger partial charge in [-0.2, -0.15) is 0 Å². The highest BCUT2D eigenvalue weighted by Gasteiger charge is 2.29. The van der Waals surface area contributed by atoms with E-state index in [0.717, 1.165) is 34.5 Å². The van der Waals surface area contributed by atoms with Gasteiger partial charge in [-0.1, -0.05) is 60.1 Å². The van der Waals surface area contributed by atoms with Gasteiger partial charge >= 0.3 is 11.8 Å². The maximum Gasteiger partial charge on any atom is 0.407 e. The minimum absolute atomic E-state index is 0.0121. The zero-order chi connectivity index (χ0) is 24.2. The fourth-order valence-electron chi connectivity index (χ4n) is 4.09. The van der Waals surface area contributed by atoms with Crippen LogP contribution in [0.25, 0.3) is 11.1 Å². The quantitative estimate of drug-likeness (QED) is 0.250. The molecule has 176 valence electrons. The van der Waals surface area contributed by atoms with Crippen LogP contribution in [-0.2, 0) is 4.74 Å². The second kappa shape index (κ2) is 10.2. The highest BCUT2D eigenvalue weighted by molar-refractivity contribution is 6.31. The van der Waals surface area contributed by atoms with E-state index in [0.29, 0.717) is 0 Å². The third-order valence-electron chi connectivity index (χ3n) is 5.80. The summed E-state index contributed by atoms with van der Waals surface area (Å²) in [4.78, 5) is 26.2. The van der Waals surface area contributed by atoms with Gasteiger partial charge in [0.15, 0.2) is 0 Å². The number of aromatic nitrogens is 1. The van der Waals surface area contributed by atoms with Crippen molar-refractivity contribution in [3.8, 4) is 11.1 Å². The number of carbonyl (C=O) groups excluding carboxylic acids is 1. The van der Waals surface area contributed by atoms with Crippen molar-refractivity contribution in [1.29, 1.82) is 0 Å². The Labute approximate surface area is 200 Å². The molecule has 0 saturated heterocycles. The van der Waals surface area contributed by atoms with Crippen molar-refractivity contribution >= 4 is 23.4 Å². The largest absolute Gasteiger partial charge is 0.449 e. The molecule has 34 heavy (non-hydrogen) atoms. The first kappa shape index (κ1) is 23.6. The molecule has 1 heterocycles. The summed E-state index contributed by atoms with van der Waals surface area (Å²) >= 11 is 5.67. The number of amides is 1. The summed E-state index contributed by atoms with van der Waals surface area (Å²) in [7, 11) is 0. The van der Waals surface area contributed by atoms with E-state index in [1.165, 1.54) is 0 Å². The maximum absolute atomic E-state index is 12.2. The molecule has 1 aliphatic carbocycles. The monoisotopic (exact) mass is 483 g/mol. The first-order chi connectivity index (χ1) is 16.4. The molecule has 1 aliphatic rings. The van der Waals surface area contributed by atoms with E-state index in [9.17, 15) is 25.1 Å². The Morgan fingerprint density at radius 2 is 1.76 bits per heavy atom. The van der Waals surface area contributed by atoms with Gasteiger partial charge in [-0.25, -0.2) is 9.78 Å². The summed E-state index contributed by atoms with van der Waals surface area (Å²) in [5.41, 5.74) is 4.02. The number of hydrogen-bond donors (Lipinski definition) is 3. The number of alkyl carbamates (subject to hydrolysis) is 1. The van der Waals surface area contributed by atoms with Crippen LogP contribution in [0.4, 0.5) is 10.5 Å². The van der Waals surface area contributed by atoms with Gasteiger partial charge in [0.25, 0.3) is 0 Å². The molecule has 1 amide bonds. The molecule has 0 aliphatic heterocycles. The van der Waals surface area contributed by atoms with Crippen molar-refractivity contribution in [3.05, 3.63) is 92.8 Å². The lowest BCUT2D eigenvalue weighted by Gasteiger charge is -2.18. The summed E-state index contributed by atoms with van der Waals surface area (Å²) < 4.78 is 5.43. The summed E-state index contributed by atoms with van der Waals surface area (Å²) in [6.45, 7) is 0.184. The third-order valence-corrected chi connectivity index (χ3v) is 6.09. The molecule has 10 heteroatoms. The number of aliphatic hydroxyl groups excluding tert-OH is 2. The van der Waals surface area contributed by atoms with Crippen molar-refractivity contribution in [3.63, 3.8) is 0 Å². The Kier molecular flexibility index (Phi) is 7.06. The molecule has 0 spiro atoms. The maximum atomic E-state index is 12.2. The number of pyridine rings is 1. The molecule has 3 N–H and O–H groups in total. The number of hydrogen-bond acceptors (Lipinski definition) is 7. The Bertz CT molecular complexity index is 1180. The molecule has 0 bridgehead atoms. The summed E-state index contributed by atoms with van der Waals surface area (Å²) in [6, 6.07) is 17.1. The lowest BCUT2D eigenvalue weighted by Crippen LogP contribution is -2.30. The minimum atomic E-state index is -1.44. The molecule has 0 saturated carbocycles. The predicted octanol–water partition coefficient (Wildman–Crippen LogP) is 3.97. The van der Waals surface area contributed by atoms with Gasteiger partial charge in [0.2, 0.25) is 5.15 Å². The topological polar surface area (TPSA) is 135 Å². The molecule has 2 atom stereocenters.